The summed E-state index contributed by atoms with van der Waals surface area (Å²) in [6.45, 7) is 2.45. The minimum Gasteiger partial charge on any atom is -0.467 e. The van der Waals surface area contributed by atoms with Crippen molar-refractivity contribution in [2.45, 2.75) is 19.9 Å². The fraction of sp³-hybridized carbons (Fsp3) is 0.200. The minimum atomic E-state index is -0.263. The van der Waals surface area contributed by atoms with E-state index in [0.29, 0.717) is 24.9 Å². The van der Waals surface area contributed by atoms with E-state index in [1.165, 1.54) is 12.1 Å². The van der Waals surface area contributed by atoms with Gasteiger partial charge in [-0.25, -0.2) is 4.39 Å². The number of furan rings is 1. The lowest BCUT2D eigenvalue weighted by Gasteiger charge is -1.99. The molecule has 3 aromatic rings. The van der Waals surface area contributed by atoms with Gasteiger partial charge in [0, 0.05) is 0 Å². The van der Waals surface area contributed by atoms with E-state index in [4.69, 9.17) is 8.83 Å². The maximum absolute atomic E-state index is 12.8. The first-order valence-electron chi connectivity index (χ1n) is 6.54. The van der Waals surface area contributed by atoms with Gasteiger partial charge in [0.05, 0.1) is 19.2 Å². The third-order valence-electron chi connectivity index (χ3n) is 3.10. The van der Waals surface area contributed by atoms with Crippen LogP contribution in [0.5, 0.6) is 0 Å². The Morgan fingerprint density at radius 2 is 1.95 bits per heavy atom. The molecule has 0 aliphatic carbocycles. The zero-order chi connectivity index (χ0) is 14.7. The molecule has 0 saturated carbocycles. The van der Waals surface area contributed by atoms with Gasteiger partial charge in [-0.3, -0.25) is 0 Å². The predicted molar refractivity (Wildman–Crippen MR) is 74.3 cm³/mol. The molecule has 0 aliphatic rings. The molecule has 0 unspecified atom stereocenters. The number of aryl methyl sites for hydroxylation is 1. The molecule has 0 amide bonds. The van der Waals surface area contributed by atoms with Crippen LogP contribution >= 0.6 is 0 Å². The molecule has 1 N–H and O–H groups in total. The third kappa shape index (κ3) is 3.28. The largest absolute Gasteiger partial charge is 0.467 e. The Bertz CT molecular complexity index is 719. The number of nitrogens with zero attached hydrogens (tertiary/aromatic N) is 2. The zero-order valence-electron chi connectivity index (χ0n) is 11.5. The van der Waals surface area contributed by atoms with Crippen molar-refractivity contribution < 1.29 is 13.2 Å². The second kappa shape index (κ2) is 5.78. The first kappa shape index (κ1) is 13.4. The molecular formula is C15H14FN3O2. The number of halogens is 1. The van der Waals surface area contributed by atoms with E-state index < -0.39 is 0 Å². The lowest BCUT2D eigenvalue weighted by atomic mass is 10.1. The highest BCUT2D eigenvalue weighted by Crippen LogP contribution is 2.14. The average molecular weight is 287 g/mol. The van der Waals surface area contributed by atoms with Crippen molar-refractivity contribution in [2.24, 2.45) is 0 Å². The molecule has 1 aromatic carbocycles. The van der Waals surface area contributed by atoms with E-state index in [1.807, 2.05) is 13.0 Å². The van der Waals surface area contributed by atoms with Crippen molar-refractivity contribution in [3.63, 3.8) is 0 Å². The van der Waals surface area contributed by atoms with Crippen molar-refractivity contribution in [1.29, 1.82) is 0 Å². The van der Waals surface area contributed by atoms with E-state index in [-0.39, 0.29) is 5.82 Å². The lowest BCUT2D eigenvalue weighted by Crippen LogP contribution is -1.99. The summed E-state index contributed by atoms with van der Waals surface area (Å²) < 4.78 is 23.6. The molecule has 0 bridgehead atoms. The topological polar surface area (TPSA) is 64.1 Å². The quantitative estimate of drug-likeness (QED) is 0.780. The first-order valence-corrected chi connectivity index (χ1v) is 6.54. The number of hydrogen-bond acceptors (Lipinski definition) is 5. The van der Waals surface area contributed by atoms with Crippen LogP contribution in [0.15, 0.2) is 45.4 Å². The van der Waals surface area contributed by atoms with Crippen LogP contribution in [0.4, 0.5) is 10.4 Å². The summed E-state index contributed by atoms with van der Waals surface area (Å²) in [6, 6.07) is 8.43. The standard InChI is InChI=1S/C15H14FN3O2/c1-10-6-7-20-13(10)9-17-15-19-18-14(21-15)8-11-2-4-12(16)5-3-11/h2-7H,8-9H2,1H3,(H,17,19). The molecule has 0 saturated heterocycles. The van der Waals surface area contributed by atoms with Gasteiger partial charge in [-0.1, -0.05) is 17.2 Å². The van der Waals surface area contributed by atoms with Crippen molar-refractivity contribution >= 4 is 6.01 Å². The predicted octanol–water partition coefficient (Wildman–Crippen LogP) is 3.31. The smallest absolute Gasteiger partial charge is 0.315 e. The van der Waals surface area contributed by atoms with Gasteiger partial charge in [-0.05, 0) is 36.2 Å². The molecule has 3 rings (SSSR count). The molecule has 0 radical (unpaired) electrons. The van der Waals surface area contributed by atoms with E-state index >= 15 is 0 Å². The summed E-state index contributed by atoms with van der Waals surface area (Å²) in [5.74, 6) is 1.04. The highest BCUT2D eigenvalue weighted by Gasteiger charge is 2.08. The lowest BCUT2D eigenvalue weighted by molar-refractivity contribution is 0.496. The van der Waals surface area contributed by atoms with E-state index in [2.05, 4.69) is 15.5 Å². The summed E-state index contributed by atoms with van der Waals surface area (Å²) in [7, 11) is 0. The number of nitrogens with one attached hydrogen (secondary N) is 1. The fourth-order valence-electron chi connectivity index (χ4n) is 1.91. The molecular weight excluding hydrogens is 273 g/mol. The van der Waals surface area contributed by atoms with E-state index in [9.17, 15) is 4.39 Å². The van der Waals surface area contributed by atoms with Crippen LogP contribution in [0.25, 0.3) is 0 Å². The molecule has 0 atom stereocenters. The normalized spacial score (nSPS) is 10.8. The zero-order valence-corrected chi connectivity index (χ0v) is 11.5. The molecule has 0 spiro atoms. The van der Waals surface area contributed by atoms with Crippen LogP contribution in [0, 0.1) is 12.7 Å². The Balaban J connectivity index is 1.61. The first-order chi connectivity index (χ1) is 10.2. The Hall–Kier alpha value is -2.63. The Kier molecular flexibility index (Phi) is 3.68. The Morgan fingerprint density at radius 1 is 1.14 bits per heavy atom. The second-order valence-electron chi connectivity index (χ2n) is 4.68. The third-order valence-corrected chi connectivity index (χ3v) is 3.10. The molecule has 0 fully saturated rings. The number of benzene rings is 1. The molecule has 108 valence electrons. The van der Waals surface area contributed by atoms with Gasteiger partial charge in [0.1, 0.15) is 11.6 Å². The van der Waals surface area contributed by atoms with Gasteiger partial charge in [0.25, 0.3) is 0 Å². The van der Waals surface area contributed by atoms with Gasteiger partial charge in [0.2, 0.25) is 5.89 Å². The van der Waals surface area contributed by atoms with Crippen LogP contribution in [0.1, 0.15) is 22.8 Å². The van der Waals surface area contributed by atoms with Crippen LogP contribution in [-0.4, -0.2) is 10.2 Å². The van der Waals surface area contributed by atoms with Gasteiger partial charge in [-0.2, -0.15) is 0 Å². The summed E-state index contributed by atoms with van der Waals surface area (Å²) in [4.78, 5) is 0. The summed E-state index contributed by atoms with van der Waals surface area (Å²) >= 11 is 0. The number of aromatic nitrogens is 2. The average Bonchev–Trinajstić information content (AvgIpc) is 3.08. The van der Waals surface area contributed by atoms with Crippen LogP contribution < -0.4 is 5.32 Å². The SMILES string of the molecule is Cc1ccoc1CNc1nnc(Cc2ccc(F)cc2)o1. The van der Waals surface area contributed by atoms with Crippen LogP contribution in [-0.2, 0) is 13.0 Å². The van der Waals surface area contributed by atoms with E-state index in [1.54, 1.807) is 18.4 Å². The van der Waals surface area contributed by atoms with Gasteiger partial charge in [0.15, 0.2) is 0 Å². The van der Waals surface area contributed by atoms with Crippen molar-refractivity contribution in [3.05, 3.63) is 65.2 Å². The summed E-state index contributed by atoms with van der Waals surface area (Å²) in [6.07, 6.45) is 2.11. The summed E-state index contributed by atoms with van der Waals surface area (Å²) in [5.41, 5.74) is 1.97. The highest BCUT2D eigenvalue weighted by atomic mass is 19.1. The van der Waals surface area contributed by atoms with Crippen LogP contribution in [0.3, 0.4) is 0 Å². The number of anilines is 1. The van der Waals surface area contributed by atoms with Crippen molar-refractivity contribution in [2.75, 3.05) is 5.32 Å². The Labute approximate surface area is 120 Å². The molecule has 2 heterocycles. The van der Waals surface area contributed by atoms with Gasteiger partial charge >= 0.3 is 6.01 Å². The molecule has 0 aliphatic heterocycles. The molecule has 6 heteroatoms. The summed E-state index contributed by atoms with van der Waals surface area (Å²) in [5, 5.41) is 10.9. The van der Waals surface area contributed by atoms with Gasteiger partial charge in [-0.15, -0.1) is 5.10 Å². The minimum absolute atomic E-state index is 0.263. The van der Waals surface area contributed by atoms with Crippen molar-refractivity contribution in [3.8, 4) is 0 Å². The molecule has 2 aromatic heterocycles. The van der Waals surface area contributed by atoms with E-state index in [0.717, 1.165) is 16.9 Å². The Morgan fingerprint density at radius 3 is 2.67 bits per heavy atom. The maximum Gasteiger partial charge on any atom is 0.315 e. The van der Waals surface area contributed by atoms with Gasteiger partial charge < -0.3 is 14.2 Å². The number of hydrogen-bond donors (Lipinski definition) is 1. The maximum atomic E-state index is 12.8. The molecule has 21 heavy (non-hydrogen) atoms. The van der Waals surface area contributed by atoms with Crippen molar-refractivity contribution in [1.82, 2.24) is 10.2 Å². The monoisotopic (exact) mass is 287 g/mol. The molecule has 5 nitrogen and oxygen atoms in total. The second-order valence-corrected chi connectivity index (χ2v) is 4.68. The fourth-order valence-corrected chi connectivity index (χ4v) is 1.91. The number of rotatable bonds is 5. The van der Waals surface area contributed by atoms with Crippen LogP contribution in [0.2, 0.25) is 0 Å². The highest BCUT2D eigenvalue weighted by molar-refractivity contribution is 5.24.